The fourth-order valence-electron chi connectivity index (χ4n) is 2.34. The molecule has 0 amide bonds. The normalized spacial score (nSPS) is 18.6. The topological polar surface area (TPSA) is 29.5 Å². The Kier molecular flexibility index (Phi) is 6.56. The van der Waals surface area contributed by atoms with Crippen molar-refractivity contribution in [3.05, 3.63) is 0 Å². The van der Waals surface area contributed by atoms with Gasteiger partial charge in [0.05, 0.1) is 13.2 Å². The number of carbonyl (C=O) groups is 1. The van der Waals surface area contributed by atoms with E-state index in [9.17, 15) is 4.79 Å². The zero-order valence-corrected chi connectivity index (χ0v) is 11.6. The molecule has 1 fully saturated rings. The molecule has 1 aliphatic heterocycles. The zero-order valence-electron chi connectivity index (χ0n) is 11.6. The first-order chi connectivity index (χ1) is 8.13. The van der Waals surface area contributed by atoms with E-state index in [1.165, 1.54) is 12.8 Å². The van der Waals surface area contributed by atoms with E-state index in [2.05, 4.69) is 25.7 Å². The minimum absolute atomic E-state index is 0.0542. The van der Waals surface area contributed by atoms with Gasteiger partial charge in [0.2, 0.25) is 0 Å². The summed E-state index contributed by atoms with van der Waals surface area (Å²) in [5, 5.41) is 0. The Morgan fingerprint density at radius 1 is 1.35 bits per heavy atom. The van der Waals surface area contributed by atoms with Crippen LogP contribution in [0.3, 0.4) is 0 Å². The molecule has 0 aromatic rings. The number of piperidine rings is 1. The van der Waals surface area contributed by atoms with Gasteiger partial charge in [-0.3, -0.25) is 9.69 Å². The number of unbranched alkanes of at least 4 members (excludes halogenated alkanes) is 1. The highest BCUT2D eigenvalue weighted by Gasteiger charge is 2.22. The molecule has 17 heavy (non-hydrogen) atoms. The average Bonchev–Trinajstić information content (AvgIpc) is 2.30. The van der Waals surface area contributed by atoms with Crippen LogP contribution in [-0.4, -0.2) is 37.1 Å². The highest BCUT2D eigenvalue weighted by molar-refractivity contribution is 5.71. The summed E-state index contributed by atoms with van der Waals surface area (Å²) in [5.74, 6) is 1.55. The number of nitrogens with zero attached hydrogens (tertiary/aromatic N) is 1. The van der Waals surface area contributed by atoms with Gasteiger partial charge in [-0.15, -0.1) is 0 Å². The number of hydrogen-bond donors (Lipinski definition) is 0. The maximum Gasteiger partial charge on any atom is 0.320 e. The van der Waals surface area contributed by atoms with E-state index in [0.717, 1.165) is 37.8 Å². The van der Waals surface area contributed by atoms with Gasteiger partial charge in [-0.1, -0.05) is 27.2 Å². The summed E-state index contributed by atoms with van der Waals surface area (Å²) in [5.41, 5.74) is 0. The molecule has 0 atom stereocenters. The highest BCUT2D eigenvalue weighted by atomic mass is 16.5. The standard InChI is InChI=1S/C14H27NO2/c1-4-5-10-17-14(16)11-15-8-6-13(7-9-15)12(2)3/h12-13H,4-11H2,1-3H3. The number of likely N-dealkylation sites (tertiary alicyclic amines) is 1. The largest absolute Gasteiger partial charge is 0.465 e. The molecule has 0 aromatic heterocycles. The summed E-state index contributed by atoms with van der Waals surface area (Å²) in [6, 6.07) is 0. The second kappa shape index (κ2) is 7.70. The fourth-order valence-corrected chi connectivity index (χ4v) is 2.34. The predicted molar refractivity (Wildman–Crippen MR) is 69.9 cm³/mol. The second-order valence-corrected chi connectivity index (χ2v) is 5.43. The lowest BCUT2D eigenvalue weighted by atomic mass is 9.87. The number of ether oxygens (including phenoxy) is 1. The van der Waals surface area contributed by atoms with Gasteiger partial charge < -0.3 is 4.74 Å². The molecular formula is C14H27NO2. The maximum absolute atomic E-state index is 11.5. The van der Waals surface area contributed by atoms with E-state index in [-0.39, 0.29) is 5.97 Å². The second-order valence-electron chi connectivity index (χ2n) is 5.43. The molecule has 100 valence electrons. The smallest absolute Gasteiger partial charge is 0.320 e. The molecule has 1 aliphatic rings. The van der Waals surface area contributed by atoms with Crippen LogP contribution in [0.2, 0.25) is 0 Å². The molecule has 0 spiro atoms. The van der Waals surface area contributed by atoms with E-state index in [4.69, 9.17) is 4.74 Å². The molecule has 3 nitrogen and oxygen atoms in total. The number of hydrogen-bond acceptors (Lipinski definition) is 3. The summed E-state index contributed by atoms with van der Waals surface area (Å²) < 4.78 is 5.18. The lowest BCUT2D eigenvalue weighted by Crippen LogP contribution is -2.39. The van der Waals surface area contributed by atoms with E-state index < -0.39 is 0 Å². The van der Waals surface area contributed by atoms with Gasteiger partial charge in [0, 0.05) is 0 Å². The van der Waals surface area contributed by atoms with Crippen molar-refractivity contribution in [3.63, 3.8) is 0 Å². The fraction of sp³-hybridized carbons (Fsp3) is 0.929. The van der Waals surface area contributed by atoms with Gasteiger partial charge in [0.25, 0.3) is 0 Å². The first kappa shape index (κ1) is 14.5. The Morgan fingerprint density at radius 2 is 2.00 bits per heavy atom. The van der Waals surface area contributed by atoms with Crippen molar-refractivity contribution >= 4 is 5.97 Å². The van der Waals surface area contributed by atoms with Gasteiger partial charge in [0.15, 0.2) is 0 Å². The number of carbonyl (C=O) groups excluding carboxylic acids is 1. The predicted octanol–water partition coefficient (Wildman–Crippen LogP) is 2.70. The molecule has 0 radical (unpaired) electrons. The van der Waals surface area contributed by atoms with E-state index in [0.29, 0.717) is 13.2 Å². The van der Waals surface area contributed by atoms with E-state index >= 15 is 0 Å². The third kappa shape index (κ3) is 5.53. The van der Waals surface area contributed by atoms with Crippen LogP contribution in [0.1, 0.15) is 46.5 Å². The first-order valence-electron chi connectivity index (χ1n) is 7.01. The molecule has 1 heterocycles. The van der Waals surface area contributed by atoms with E-state index in [1.807, 2.05) is 0 Å². The van der Waals surface area contributed by atoms with Crippen molar-refractivity contribution in [1.82, 2.24) is 4.90 Å². The summed E-state index contributed by atoms with van der Waals surface area (Å²) >= 11 is 0. The van der Waals surface area contributed by atoms with Gasteiger partial charge >= 0.3 is 5.97 Å². The van der Waals surface area contributed by atoms with Gasteiger partial charge in [-0.25, -0.2) is 0 Å². The summed E-state index contributed by atoms with van der Waals surface area (Å²) in [7, 11) is 0. The minimum atomic E-state index is -0.0542. The molecule has 1 rings (SSSR count). The number of rotatable bonds is 6. The molecule has 3 heteroatoms. The van der Waals surface area contributed by atoms with Crippen LogP contribution in [0.15, 0.2) is 0 Å². The van der Waals surface area contributed by atoms with Crippen molar-refractivity contribution in [3.8, 4) is 0 Å². The SMILES string of the molecule is CCCCOC(=O)CN1CCC(C(C)C)CC1. The molecule has 0 N–H and O–H groups in total. The molecule has 1 saturated heterocycles. The Bertz CT molecular complexity index is 220. The van der Waals surface area contributed by atoms with Crippen molar-refractivity contribution in [2.75, 3.05) is 26.2 Å². The lowest BCUT2D eigenvalue weighted by Gasteiger charge is -2.33. The Morgan fingerprint density at radius 3 is 2.53 bits per heavy atom. The number of esters is 1. The highest BCUT2D eigenvalue weighted by Crippen LogP contribution is 2.24. The molecular weight excluding hydrogens is 214 g/mol. The maximum atomic E-state index is 11.5. The lowest BCUT2D eigenvalue weighted by molar-refractivity contribution is -0.145. The summed E-state index contributed by atoms with van der Waals surface area (Å²) in [4.78, 5) is 13.8. The third-order valence-corrected chi connectivity index (χ3v) is 3.69. The van der Waals surface area contributed by atoms with Crippen LogP contribution in [0.5, 0.6) is 0 Å². The zero-order chi connectivity index (χ0) is 12.7. The third-order valence-electron chi connectivity index (χ3n) is 3.69. The summed E-state index contributed by atoms with van der Waals surface area (Å²) in [6.45, 7) is 9.84. The van der Waals surface area contributed by atoms with Gasteiger partial charge in [0.1, 0.15) is 0 Å². The van der Waals surface area contributed by atoms with Crippen molar-refractivity contribution in [2.24, 2.45) is 11.8 Å². The quantitative estimate of drug-likeness (QED) is 0.529. The Labute approximate surface area is 106 Å². The molecule has 0 bridgehead atoms. The van der Waals surface area contributed by atoms with Crippen LogP contribution in [0, 0.1) is 11.8 Å². The van der Waals surface area contributed by atoms with Crippen LogP contribution < -0.4 is 0 Å². The molecule has 0 aliphatic carbocycles. The van der Waals surface area contributed by atoms with Crippen LogP contribution in [0.4, 0.5) is 0 Å². The van der Waals surface area contributed by atoms with Crippen LogP contribution in [0.25, 0.3) is 0 Å². The van der Waals surface area contributed by atoms with Crippen molar-refractivity contribution < 1.29 is 9.53 Å². The van der Waals surface area contributed by atoms with Gasteiger partial charge in [-0.2, -0.15) is 0 Å². The average molecular weight is 241 g/mol. The minimum Gasteiger partial charge on any atom is -0.465 e. The monoisotopic (exact) mass is 241 g/mol. The Hall–Kier alpha value is -0.570. The van der Waals surface area contributed by atoms with Gasteiger partial charge in [-0.05, 0) is 44.2 Å². The van der Waals surface area contributed by atoms with E-state index in [1.54, 1.807) is 0 Å². The van der Waals surface area contributed by atoms with Crippen LogP contribution in [-0.2, 0) is 9.53 Å². The molecule has 0 unspecified atom stereocenters. The van der Waals surface area contributed by atoms with Crippen molar-refractivity contribution in [2.45, 2.75) is 46.5 Å². The van der Waals surface area contributed by atoms with Crippen LogP contribution >= 0.6 is 0 Å². The summed E-state index contributed by atoms with van der Waals surface area (Å²) in [6.07, 6.45) is 4.49. The molecule has 0 aromatic carbocycles. The Balaban J connectivity index is 2.15. The first-order valence-corrected chi connectivity index (χ1v) is 7.01. The molecule has 0 saturated carbocycles. The van der Waals surface area contributed by atoms with Crippen molar-refractivity contribution in [1.29, 1.82) is 0 Å².